The first-order valence-corrected chi connectivity index (χ1v) is 4.57. The topological polar surface area (TPSA) is 78.4 Å². The summed E-state index contributed by atoms with van der Waals surface area (Å²) in [5.41, 5.74) is 0. The summed E-state index contributed by atoms with van der Waals surface area (Å²) in [6.45, 7) is 0.181. The third kappa shape index (κ3) is 7.89. The first-order chi connectivity index (χ1) is 7.24. The van der Waals surface area contributed by atoms with Crippen molar-refractivity contribution in [2.24, 2.45) is 0 Å². The van der Waals surface area contributed by atoms with Gasteiger partial charge in [-0.15, -0.1) is 0 Å². The number of alkyl halides is 3. The zero-order valence-electron chi connectivity index (χ0n) is 8.60. The fourth-order valence-corrected chi connectivity index (χ4v) is 0.925. The highest BCUT2D eigenvalue weighted by Crippen LogP contribution is 2.12. The number of halogens is 3. The lowest BCUT2D eigenvalue weighted by Crippen LogP contribution is -2.45. The molecule has 1 unspecified atom stereocenters. The maximum atomic E-state index is 11.7. The predicted octanol–water partition coefficient (Wildman–Crippen LogP) is 1.10. The molecule has 0 spiro atoms. The summed E-state index contributed by atoms with van der Waals surface area (Å²) in [6.07, 6.45) is -4.48. The van der Waals surface area contributed by atoms with Crippen LogP contribution in [0, 0.1) is 0 Å². The molecule has 0 bridgehead atoms. The number of rotatable bonds is 5. The minimum absolute atomic E-state index is 0.323. The van der Waals surface area contributed by atoms with Crippen LogP contribution in [0.4, 0.5) is 18.0 Å². The van der Waals surface area contributed by atoms with Crippen molar-refractivity contribution in [3.05, 3.63) is 0 Å². The van der Waals surface area contributed by atoms with E-state index in [0.29, 0.717) is 6.42 Å². The molecule has 0 saturated carbocycles. The molecule has 0 fully saturated rings. The van der Waals surface area contributed by atoms with Crippen molar-refractivity contribution < 1.29 is 27.9 Å². The zero-order valence-corrected chi connectivity index (χ0v) is 8.60. The highest BCUT2D eigenvalue weighted by Gasteiger charge is 2.28. The predicted molar refractivity (Wildman–Crippen MR) is 48.9 cm³/mol. The molecule has 1 atom stereocenters. The number of hydrogen-bond acceptors (Lipinski definition) is 2. The number of urea groups is 1. The number of carboxylic acids is 1. The van der Waals surface area contributed by atoms with E-state index in [9.17, 15) is 22.8 Å². The Labute approximate surface area is 90.0 Å². The van der Waals surface area contributed by atoms with Crippen molar-refractivity contribution in [1.82, 2.24) is 10.6 Å². The number of amides is 2. The van der Waals surface area contributed by atoms with Crippen molar-refractivity contribution in [3.8, 4) is 0 Å². The van der Waals surface area contributed by atoms with E-state index in [0.717, 1.165) is 0 Å². The summed E-state index contributed by atoms with van der Waals surface area (Å²) in [6, 6.07) is -1.70. The molecule has 0 radical (unpaired) electrons. The molecule has 0 aromatic carbocycles. The molecule has 0 rings (SSSR count). The summed E-state index contributed by atoms with van der Waals surface area (Å²) in [5, 5.41) is 12.2. The van der Waals surface area contributed by atoms with Crippen molar-refractivity contribution in [3.63, 3.8) is 0 Å². The molecule has 16 heavy (non-hydrogen) atoms. The van der Waals surface area contributed by atoms with Gasteiger partial charge < -0.3 is 15.7 Å². The van der Waals surface area contributed by atoms with E-state index >= 15 is 0 Å². The summed E-state index contributed by atoms with van der Waals surface area (Å²) in [5.74, 6) is -1.12. The molecule has 5 nitrogen and oxygen atoms in total. The molecule has 94 valence electrons. The van der Waals surface area contributed by atoms with Crippen molar-refractivity contribution in [2.75, 3.05) is 6.54 Å². The summed E-state index contributed by atoms with van der Waals surface area (Å²) in [4.78, 5) is 21.2. The monoisotopic (exact) mass is 242 g/mol. The fraction of sp³-hybridized carbons (Fsp3) is 0.750. The molecular weight excluding hydrogens is 229 g/mol. The van der Waals surface area contributed by atoms with Crippen LogP contribution in [0.15, 0.2) is 0 Å². The Morgan fingerprint density at radius 3 is 2.31 bits per heavy atom. The molecule has 0 aliphatic rings. The smallest absolute Gasteiger partial charge is 0.405 e. The standard InChI is InChI=1S/C8H13F3N2O3/c1-2-5(3-6(14)15)13-7(16)12-4-8(9,10)11/h5H,2-4H2,1H3,(H,14,15)(H2,12,13,16). The number of hydrogen-bond donors (Lipinski definition) is 3. The van der Waals surface area contributed by atoms with E-state index in [-0.39, 0.29) is 6.42 Å². The molecule has 3 N–H and O–H groups in total. The van der Waals surface area contributed by atoms with E-state index in [1.165, 1.54) is 0 Å². The molecule has 0 heterocycles. The van der Waals surface area contributed by atoms with Crippen LogP contribution in [0.25, 0.3) is 0 Å². The van der Waals surface area contributed by atoms with Crippen LogP contribution in [0.1, 0.15) is 19.8 Å². The maximum Gasteiger partial charge on any atom is 0.405 e. The molecule has 0 aliphatic carbocycles. The lowest BCUT2D eigenvalue weighted by Gasteiger charge is -2.16. The number of nitrogens with one attached hydrogen (secondary N) is 2. The Morgan fingerprint density at radius 1 is 1.38 bits per heavy atom. The second-order valence-corrected chi connectivity index (χ2v) is 3.15. The van der Waals surface area contributed by atoms with Gasteiger partial charge in [-0.2, -0.15) is 13.2 Å². The number of carbonyl (C=O) groups excluding carboxylic acids is 1. The van der Waals surface area contributed by atoms with Gasteiger partial charge in [-0.05, 0) is 6.42 Å². The normalized spacial score (nSPS) is 13.0. The van der Waals surface area contributed by atoms with Gasteiger partial charge in [-0.25, -0.2) is 4.79 Å². The summed E-state index contributed by atoms with van der Waals surface area (Å²) < 4.78 is 35.1. The number of carbonyl (C=O) groups is 2. The third-order valence-corrected chi connectivity index (χ3v) is 1.70. The van der Waals surface area contributed by atoms with Crippen molar-refractivity contribution in [1.29, 1.82) is 0 Å². The second-order valence-electron chi connectivity index (χ2n) is 3.15. The van der Waals surface area contributed by atoms with Crippen LogP contribution >= 0.6 is 0 Å². The van der Waals surface area contributed by atoms with Crippen LogP contribution in [-0.2, 0) is 4.79 Å². The van der Waals surface area contributed by atoms with Gasteiger partial charge in [0.25, 0.3) is 0 Å². The van der Waals surface area contributed by atoms with E-state index in [1.807, 2.05) is 0 Å². The minimum Gasteiger partial charge on any atom is -0.481 e. The number of carboxylic acid groups (broad SMARTS) is 1. The summed E-state index contributed by atoms with van der Waals surface area (Å²) in [7, 11) is 0. The van der Waals surface area contributed by atoms with Crippen LogP contribution in [-0.4, -0.2) is 35.9 Å². The van der Waals surface area contributed by atoms with Gasteiger partial charge in [-0.1, -0.05) is 6.92 Å². The Bertz CT molecular complexity index is 255. The Balaban J connectivity index is 3.97. The lowest BCUT2D eigenvalue weighted by atomic mass is 10.1. The zero-order chi connectivity index (χ0) is 12.8. The second kappa shape index (κ2) is 6.19. The van der Waals surface area contributed by atoms with E-state index in [1.54, 1.807) is 12.2 Å². The van der Waals surface area contributed by atoms with Crippen LogP contribution in [0.5, 0.6) is 0 Å². The van der Waals surface area contributed by atoms with Crippen molar-refractivity contribution in [2.45, 2.75) is 32.0 Å². The van der Waals surface area contributed by atoms with Gasteiger partial charge in [0, 0.05) is 6.04 Å². The highest BCUT2D eigenvalue weighted by molar-refractivity contribution is 5.75. The van der Waals surface area contributed by atoms with Gasteiger partial charge in [0.2, 0.25) is 0 Å². The van der Waals surface area contributed by atoms with E-state index in [4.69, 9.17) is 5.11 Å². The highest BCUT2D eigenvalue weighted by atomic mass is 19.4. The minimum atomic E-state index is -4.48. The molecule has 0 aliphatic heterocycles. The Morgan fingerprint density at radius 2 is 1.94 bits per heavy atom. The molecule has 0 aromatic heterocycles. The van der Waals surface area contributed by atoms with Gasteiger partial charge in [-0.3, -0.25) is 4.79 Å². The maximum absolute atomic E-state index is 11.7. The molecule has 0 aromatic rings. The molecule has 2 amide bonds. The lowest BCUT2D eigenvalue weighted by molar-refractivity contribution is -0.137. The van der Waals surface area contributed by atoms with Crippen LogP contribution < -0.4 is 10.6 Å². The first kappa shape index (κ1) is 14.5. The van der Waals surface area contributed by atoms with Gasteiger partial charge in [0.15, 0.2) is 0 Å². The van der Waals surface area contributed by atoms with Gasteiger partial charge >= 0.3 is 18.2 Å². The Hall–Kier alpha value is -1.47. The molecule has 8 heteroatoms. The fourth-order valence-electron chi connectivity index (χ4n) is 0.925. The van der Waals surface area contributed by atoms with Crippen LogP contribution in [0.2, 0.25) is 0 Å². The molecular formula is C8H13F3N2O3. The quantitative estimate of drug-likeness (QED) is 0.675. The van der Waals surface area contributed by atoms with E-state index in [2.05, 4.69) is 5.32 Å². The van der Waals surface area contributed by atoms with Crippen molar-refractivity contribution >= 4 is 12.0 Å². The number of aliphatic carboxylic acids is 1. The first-order valence-electron chi connectivity index (χ1n) is 4.57. The average molecular weight is 242 g/mol. The Kier molecular flexibility index (Phi) is 5.62. The average Bonchev–Trinajstić information content (AvgIpc) is 2.12. The largest absolute Gasteiger partial charge is 0.481 e. The van der Waals surface area contributed by atoms with E-state index < -0.39 is 30.8 Å². The van der Waals surface area contributed by atoms with Crippen LogP contribution in [0.3, 0.4) is 0 Å². The SMILES string of the molecule is CCC(CC(=O)O)NC(=O)NCC(F)(F)F. The summed E-state index contributed by atoms with van der Waals surface area (Å²) >= 11 is 0. The van der Waals surface area contributed by atoms with Gasteiger partial charge in [0.1, 0.15) is 6.54 Å². The molecule has 0 saturated heterocycles. The van der Waals surface area contributed by atoms with Gasteiger partial charge in [0.05, 0.1) is 6.42 Å². The third-order valence-electron chi connectivity index (χ3n) is 1.70.